The third kappa shape index (κ3) is 7.13. The van der Waals surface area contributed by atoms with E-state index in [4.69, 9.17) is 4.42 Å². The third-order valence-electron chi connectivity index (χ3n) is 3.63. The van der Waals surface area contributed by atoms with Crippen molar-refractivity contribution in [1.82, 2.24) is 10.6 Å². The van der Waals surface area contributed by atoms with E-state index in [0.29, 0.717) is 18.9 Å². The van der Waals surface area contributed by atoms with Crippen LogP contribution in [0.2, 0.25) is 0 Å². The number of aliphatic imine (C=N–C) groups is 1. The predicted octanol–water partition coefficient (Wildman–Crippen LogP) is 5.01. The number of hydrogen-bond acceptors (Lipinski definition) is 2. The number of alkyl halides is 3. The second-order valence-corrected chi connectivity index (χ2v) is 5.62. The Balaban J connectivity index is 0.00000312. The Morgan fingerprint density at radius 3 is 2.60 bits per heavy atom. The fourth-order valence-corrected chi connectivity index (χ4v) is 2.34. The highest BCUT2D eigenvalue weighted by Gasteiger charge is 2.25. The lowest BCUT2D eigenvalue weighted by Crippen LogP contribution is -2.39. The van der Waals surface area contributed by atoms with Gasteiger partial charge in [-0.05, 0) is 31.9 Å². The van der Waals surface area contributed by atoms with E-state index >= 15 is 0 Å². The van der Waals surface area contributed by atoms with Crippen LogP contribution in [0.1, 0.15) is 38.0 Å². The second-order valence-electron chi connectivity index (χ2n) is 5.62. The van der Waals surface area contributed by atoms with Crippen LogP contribution in [0.3, 0.4) is 0 Å². The smallest absolute Gasteiger partial charge is 0.389 e. The topological polar surface area (TPSA) is 49.6 Å². The maximum absolute atomic E-state index is 12.1. The van der Waals surface area contributed by atoms with E-state index in [1.165, 1.54) is 0 Å². The highest BCUT2D eigenvalue weighted by atomic mass is 127. The SMILES string of the molecule is CN=C(NCCCCC(F)(F)F)NC(C)c1cc2ccccc2o1.I. The average molecular weight is 469 g/mol. The molecule has 2 N–H and O–H groups in total. The molecule has 0 radical (unpaired) electrons. The normalized spacial score (nSPS) is 13.4. The summed E-state index contributed by atoms with van der Waals surface area (Å²) < 4.78 is 42.1. The molecule has 8 heteroatoms. The van der Waals surface area contributed by atoms with Crippen LogP contribution in [0.15, 0.2) is 39.7 Å². The van der Waals surface area contributed by atoms with Crippen LogP contribution in [0.25, 0.3) is 11.0 Å². The van der Waals surface area contributed by atoms with Gasteiger partial charge >= 0.3 is 6.18 Å². The van der Waals surface area contributed by atoms with Gasteiger partial charge in [-0.3, -0.25) is 4.99 Å². The maximum atomic E-state index is 12.1. The number of benzene rings is 1. The standard InChI is InChI=1S/C17H22F3N3O.HI/c1-12(15-11-13-7-3-4-8-14(13)24-15)23-16(21-2)22-10-6-5-9-17(18,19)20;/h3-4,7-8,11-12H,5-6,9-10H2,1-2H3,(H2,21,22,23);1H. The number of halogens is 4. The minimum Gasteiger partial charge on any atom is -0.459 e. The summed E-state index contributed by atoms with van der Waals surface area (Å²) in [5.41, 5.74) is 0.816. The van der Waals surface area contributed by atoms with Crippen molar-refractivity contribution in [2.75, 3.05) is 13.6 Å². The molecule has 1 heterocycles. The van der Waals surface area contributed by atoms with E-state index in [1.807, 2.05) is 37.3 Å². The number of para-hydroxylation sites is 1. The van der Waals surface area contributed by atoms with Crippen LogP contribution in [0.4, 0.5) is 13.2 Å². The minimum atomic E-state index is -4.09. The number of hydrogen-bond donors (Lipinski definition) is 2. The fourth-order valence-electron chi connectivity index (χ4n) is 2.34. The molecule has 4 nitrogen and oxygen atoms in total. The molecule has 0 amide bonds. The van der Waals surface area contributed by atoms with Gasteiger partial charge in [0.25, 0.3) is 0 Å². The largest absolute Gasteiger partial charge is 0.459 e. The zero-order valence-corrected chi connectivity index (χ0v) is 16.5. The molecule has 0 aliphatic rings. The number of unbranched alkanes of at least 4 members (excludes halogenated alkanes) is 1. The molecule has 2 aromatic rings. The third-order valence-corrected chi connectivity index (χ3v) is 3.63. The Morgan fingerprint density at radius 2 is 1.96 bits per heavy atom. The summed E-state index contributed by atoms with van der Waals surface area (Å²) in [7, 11) is 1.62. The Bertz CT molecular complexity index is 652. The minimum absolute atomic E-state index is 0. The number of fused-ring (bicyclic) bond motifs is 1. The van der Waals surface area contributed by atoms with Crippen LogP contribution in [-0.2, 0) is 0 Å². The van der Waals surface area contributed by atoms with Gasteiger partial charge in [-0.15, -0.1) is 24.0 Å². The van der Waals surface area contributed by atoms with Crippen molar-refractivity contribution in [1.29, 1.82) is 0 Å². The van der Waals surface area contributed by atoms with Crippen LogP contribution < -0.4 is 10.6 Å². The first-order valence-corrected chi connectivity index (χ1v) is 7.91. The summed E-state index contributed by atoms with van der Waals surface area (Å²) in [5.74, 6) is 1.31. The van der Waals surface area contributed by atoms with Gasteiger partial charge in [0.15, 0.2) is 5.96 Å². The molecule has 1 atom stereocenters. The Kier molecular flexibility index (Phi) is 8.54. The molecule has 25 heavy (non-hydrogen) atoms. The zero-order valence-electron chi connectivity index (χ0n) is 14.2. The van der Waals surface area contributed by atoms with E-state index in [9.17, 15) is 13.2 Å². The molecule has 1 aromatic heterocycles. The lowest BCUT2D eigenvalue weighted by molar-refractivity contribution is -0.135. The number of nitrogens with zero attached hydrogens (tertiary/aromatic N) is 1. The van der Waals surface area contributed by atoms with E-state index in [2.05, 4.69) is 15.6 Å². The van der Waals surface area contributed by atoms with Gasteiger partial charge in [-0.2, -0.15) is 13.2 Å². The molecule has 140 valence electrons. The Labute approximate surface area is 162 Å². The number of guanidine groups is 1. The van der Waals surface area contributed by atoms with Gasteiger partial charge < -0.3 is 15.1 Å². The highest BCUT2D eigenvalue weighted by Crippen LogP contribution is 2.23. The maximum Gasteiger partial charge on any atom is 0.389 e. The lowest BCUT2D eigenvalue weighted by atomic mass is 10.2. The zero-order chi connectivity index (χ0) is 17.6. The first-order chi connectivity index (χ1) is 11.4. The molecule has 1 aromatic carbocycles. The van der Waals surface area contributed by atoms with Crippen molar-refractivity contribution in [3.8, 4) is 0 Å². The molecule has 0 saturated heterocycles. The number of rotatable bonds is 6. The molecule has 0 aliphatic heterocycles. The van der Waals surface area contributed by atoms with Crippen LogP contribution in [0, 0.1) is 0 Å². The van der Waals surface area contributed by atoms with Crippen LogP contribution >= 0.6 is 24.0 Å². The summed E-state index contributed by atoms with van der Waals surface area (Å²) >= 11 is 0. The molecule has 1 unspecified atom stereocenters. The summed E-state index contributed by atoms with van der Waals surface area (Å²) in [5, 5.41) is 7.22. The molecule has 2 rings (SSSR count). The van der Waals surface area contributed by atoms with Crippen molar-refractivity contribution in [3.63, 3.8) is 0 Å². The van der Waals surface area contributed by atoms with Gasteiger partial charge in [0.05, 0.1) is 6.04 Å². The number of furan rings is 1. The molecular weight excluding hydrogens is 446 g/mol. The summed E-state index contributed by atoms with van der Waals surface area (Å²) in [6, 6.07) is 9.58. The van der Waals surface area contributed by atoms with Gasteiger partial charge in [0.2, 0.25) is 0 Å². The lowest BCUT2D eigenvalue weighted by Gasteiger charge is -2.16. The quantitative estimate of drug-likeness (QED) is 0.271. The van der Waals surface area contributed by atoms with Crippen molar-refractivity contribution >= 4 is 40.9 Å². The summed E-state index contributed by atoms with van der Waals surface area (Å²) in [6.45, 7) is 2.37. The first-order valence-electron chi connectivity index (χ1n) is 7.91. The van der Waals surface area contributed by atoms with Crippen LogP contribution in [-0.4, -0.2) is 25.7 Å². The molecular formula is C17H23F3IN3O. The van der Waals surface area contributed by atoms with E-state index in [1.54, 1.807) is 7.05 Å². The van der Waals surface area contributed by atoms with E-state index in [-0.39, 0.29) is 36.4 Å². The molecule has 0 spiro atoms. The highest BCUT2D eigenvalue weighted by molar-refractivity contribution is 14.0. The molecule has 0 bridgehead atoms. The molecule has 0 fully saturated rings. The van der Waals surface area contributed by atoms with E-state index < -0.39 is 12.6 Å². The van der Waals surface area contributed by atoms with Gasteiger partial charge in [-0.25, -0.2) is 0 Å². The van der Waals surface area contributed by atoms with Crippen molar-refractivity contribution in [3.05, 3.63) is 36.1 Å². The number of nitrogens with one attached hydrogen (secondary N) is 2. The second kappa shape index (κ2) is 9.88. The molecule has 0 aliphatic carbocycles. The molecule has 0 saturated carbocycles. The Hall–Kier alpha value is -1.45. The van der Waals surface area contributed by atoms with Crippen molar-refractivity contribution < 1.29 is 17.6 Å². The summed E-state index contributed by atoms with van der Waals surface area (Å²) in [6.07, 6.45) is -4.31. The van der Waals surface area contributed by atoms with Crippen molar-refractivity contribution in [2.24, 2.45) is 4.99 Å². The first kappa shape index (κ1) is 21.6. The summed E-state index contributed by atoms with van der Waals surface area (Å²) in [4.78, 5) is 4.08. The van der Waals surface area contributed by atoms with Gasteiger partial charge in [-0.1, -0.05) is 18.2 Å². The average Bonchev–Trinajstić information content (AvgIpc) is 2.96. The van der Waals surface area contributed by atoms with Crippen molar-refractivity contribution in [2.45, 2.75) is 38.4 Å². The van der Waals surface area contributed by atoms with Crippen LogP contribution in [0.5, 0.6) is 0 Å². The van der Waals surface area contributed by atoms with Gasteiger partial charge in [0, 0.05) is 25.4 Å². The predicted molar refractivity (Wildman–Crippen MR) is 104 cm³/mol. The Morgan fingerprint density at radius 1 is 1.24 bits per heavy atom. The van der Waals surface area contributed by atoms with E-state index in [0.717, 1.165) is 16.7 Å². The monoisotopic (exact) mass is 469 g/mol. The fraction of sp³-hybridized carbons (Fsp3) is 0.471. The van der Waals surface area contributed by atoms with Gasteiger partial charge in [0.1, 0.15) is 11.3 Å².